The van der Waals surface area contributed by atoms with Crippen molar-refractivity contribution >= 4 is 11.8 Å². The van der Waals surface area contributed by atoms with Gasteiger partial charge in [-0.15, -0.1) is 0 Å². The lowest BCUT2D eigenvalue weighted by Crippen LogP contribution is -2.50. The lowest BCUT2D eigenvalue weighted by molar-refractivity contribution is 0.0499. The highest BCUT2D eigenvalue weighted by Crippen LogP contribution is 2.35. The van der Waals surface area contributed by atoms with Crippen molar-refractivity contribution in [1.29, 1.82) is 0 Å². The number of cyclic esters (lactones) is 1. The van der Waals surface area contributed by atoms with Crippen LogP contribution in [0, 0.1) is 0 Å². The van der Waals surface area contributed by atoms with Crippen LogP contribution >= 0.6 is 0 Å². The minimum Gasteiger partial charge on any atom is -0.484 e. The van der Waals surface area contributed by atoms with Gasteiger partial charge in [0.25, 0.3) is 5.88 Å². The predicted molar refractivity (Wildman–Crippen MR) is 107 cm³/mol. The molecule has 1 amide bonds. The third-order valence-corrected chi connectivity index (χ3v) is 5.90. The summed E-state index contributed by atoms with van der Waals surface area (Å²) in [4.78, 5) is 20.6. The molecule has 1 aromatic heterocycles. The average Bonchev–Trinajstić information content (AvgIpc) is 2.79. The maximum absolute atomic E-state index is 12.0. The maximum atomic E-state index is 12.0. The normalized spacial score (nSPS) is 22.3. The Labute approximate surface area is 170 Å². The van der Waals surface area contributed by atoms with Crippen LogP contribution < -0.4 is 14.4 Å². The van der Waals surface area contributed by atoms with Crippen molar-refractivity contribution < 1.29 is 19.0 Å². The number of nitrogens with zero attached hydrogens (tertiary/aromatic N) is 3. The van der Waals surface area contributed by atoms with Gasteiger partial charge >= 0.3 is 6.09 Å². The monoisotopic (exact) mass is 395 g/mol. The number of carbonyl (C=O) groups is 1. The Morgan fingerprint density at radius 1 is 1.03 bits per heavy atom. The van der Waals surface area contributed by atoms with Crippen LogP contribution in [-0.2, 0) is 4.74 Å². The highest BCUT2D eigenvalue weighted by atomic mass is 16.6. The molecule has 0 unspecified atom stereocenters. The summed E-state index contributed by atoms with van der Waals surface area (Å²) in [7, 11) is 0. The van der Waals surface area contributed by atoms with E-state index in [4.69, 9.17) is 14.2 Å². The zero-order chi connectivity index (χ0) is 19.6. The van der Waals surface area contributed by atoms with Crippen LogP contribution in [0.1, 0.15) is 30.9 Å². The van der Waals surface area contributed by atoms with Crippen LogP contribution in [-0.4, -0.2) is 54.9 Å². The zero-order valence-corrected chi connectivity index (χ0v) is 16.3. The van der Waals surface area contributed by atoms with E-state index in [2.05, 4.69) is 34.1 Å². The number of hydrogen-bond donors (Lipinski definition) is 0. The molecular weight excluding hydrogens is 370 g/mol. The Balaban J connectivity index is 1.25. The van der Waals surface area contributed by atoms with Gasteiger partial charge in [-0.25, -0.2) is 9.78 Å². The summed E-state index contributed by atoms with van der Waals surface area (Å²) in [6, 6.07) is 12.4. The van der Waals surface area contributed by atoms with Crippen LogP contribution in [0.25, 0.3) is 0 Å². The van der Waals surface area contributed by atoms with E-state index in [0.29, 0.717) is 24.8 Å². The van der Waals surface area contributed by atoms with Gasteiger partial charge in [0.15, 0.2) is 11.9 Å². The molecule has 29 heavy (non-hydrogen) atoms. The smallest absolute Gasteiger partial charge is 0.410 e. The van der Waals surface area contributed by atoms with E-state index in [1.165, 1.54) is 5.69 Å². The number of piperidine rings is 1. The van der Waals surface area contributed by atoms with Crippen LogP contribution in [0.15, 0.2) is 42.6 Å². The quantitative estimate of drug-likeness (QED) is 0.794. The number of rotatable bonds is 3. The van der Waals surface area contributed by atoms with E-state index in [9.17, 15) is 4.79 Å². The summed E-state index contributed by atoms with van der Waals surface area (Å²) in [5.74, 6) is 1.24. The van der Waals surface area contributed by atoms with Crippen LogP contribution in [0.2, 0.25) is 0 Å². The third-order valence-electron chi connectivity index (χ3n) is 5.90. The molecule has 1 aromatic carbocycles. The molecule has 0 saturated carbocycles. The first-order chi connectivity index (χ1) is 14.3. The van der Waals surface area contributed by atoms with Gasteiger partial charge in [-0.05, 0) is 49.1 Å². The molecule has 0 aliphatic carbocycles. The molecule has 2 fully saturated rings. The number of amides is 1. The molecule has 0 bridgehead atoms. The number of ether oxygens (including phenoxy) is 3. The standard InChI is InChI=1S/C22H25N3O4/c26-22-25(10-3-13-27-22)17-7-11-24(12-8-17)18-5-1-4-16(14-18)20-15-28-19-6-2-9-23-21(19)29-20/h1-2,4-6,9,14,17,20H,3,7-8,10-13,15H2/t20-/m1/s1. The van der Waals surface area contributed by atoms with Crippen molar-refractivity contribution in [1.82, 2.24) is 9.88 Å². The number of aromatic nitrogens is 1. The molecule has 2 aromatic rings. The topological polar surface area (TPSA) is 64.1 Å². The molecule has 4 heterocycles. The molecule has 152 valence electrons. The highest BCUT2D eigenvalue weighted by molar-refractivity contribution is 5.68. The largest absolute Gasteiger partial charge is 0.484 e. The van der Waals surface area contributed by atoms with Gasteiger partial charge in [-0.2, -0.15) is 0 Å². The molecule has 1 atom stereocenters. The minimum atomic E-state index is -0.169. The lowest BCUT2D eigenvalue weighted by Gasteiger charge is -2.40. The summed E-state index contributed by atoms with van der Waals surface area (Å²) in [5.41, 5.74) is 2.26. The number of benzene rings is 1. The first-order valence-electron chi connectivity index (χ1n) is 10.3. The summed E-state index contributed by atoms with van der Waals surface area (Å²) >= 11 is 0. The Morgan fingerprint density at radius 3 is 2.79 bits per heavy atom. The van der Waals surface area contributed by atoms with Gasteiger partial charge < -0.3 is 24.0 Å². The van der Waals surface area contributed by atoms with Crippen LogP contribution in [0.3, 0.4) is 0 Å². The minimum absolute atomic E-state index is 0.153. The molecule has 0 N–H and O–H groups in total. The van der Waals surface area contributed by atoms with E-state index in [-0.39, 0.29) is 18.2 Å². The van der Waals surface area contributed by atoms with E-state index in [1.807, 2.05) is 17.0 Å². The van der Waals surface area contributed by atoms with Crippen molar-refractivity contribution in [2.24, 2.45) is 0 Å². The fourth-order valence-electron chi connectivity index (χ4n) is 4.33. The van der Waals surface area contributed by atoms with Crippen LogP contribution in [0.5, 0.6) is 11.6 Å². The number of fused-ring (bicyclic) bond motifs is 1. The molecule has 3 aliphatic heterocycles. The Kier molecular flexibility index (Phi) is 4.87. The first-order valence-corrected chi connectivity index (χ1v) is 10.3. The van der Waals surface area contributed by atoms with Gasteiger partial charge in [0, 0.05) is 37.6 Å². The Hall–Kier alpha value is -2.96. The Bertz CT molecular complexity index is 882. The zero-order valence-electron chi connectivity index (χ0n) is 16.3. The fourth-order valence-corrected chi connectivity index (χ4v) is 4.33. The van der Waals surface area contributed by atoms with E-state index in [0.717, 1.165) is 44.5 Å². The van der Waals surface area contributed by atoms with Crippen molar-refractivity contribution in [2.75, 3.05) is 37.7 Å². The second-order valence-corrected chi connectivity index (χ2v) is 7.70. The van der Waals surface area contributed by atoms with Gasteiger partial charge in [0.05, 0.1) is 6.61 Å². The number of carbonyl (C=O) groups excluding carboxylic acids is 1. The number of pyridine rings is 1. The summed E-state index contributed by atoms with van der Waals surface area (Å²) < 4.78 is 17.1. The molecule has 5 rings (SSSR count). The maximum Gasteiger partial charge on any atom is 0.410 e. The molecule has 7 nitrogen and oxygen atoms in total. The van der Waals surface area contributed by atoms with E-state index < -0.39 is 0 Å². The average molecular weight is 395 g/mol. The molecular formula is C22H25N3O4. The summed E-state index contributed by atoms with van der Waals surface area (Å²) in [6.45, 7) is 3.68. The molecule has 3 aliphatic rings. The highest BCUT2D eigenvalue weighted by Gasteiger charge is 2.31. The first kappa shape index (κ1) is 18.1. The van der Waals surface area contributed by atoms with Gasteiger partial charge in [-0.3, -0.25) is 0 Å². The molecule has 0 radical (unpaired) electrons. The predicted octanol–water partition coefficient (Wildman–Crippen LogP) is 3.41. The van der Waals surface area contributed by atoms with Crippen molar-refractivity contribution in [3.63, 3.8) is 0 Å². The third kappa shape index (κ3) is 3.69. The second-order valence-electron chi connectivity index (χ2n) is 7.70. The second kappa shape index (κ2) is 7.81. The summed E-state index contributed by atoms with van der Waals surface area (Å²) in [6.07, 6.45) is 4.23. The number of anilines is 1. The van der Waals surface area contributed by atoms with E-state index in [1.54, 1.807) is 6.20 Å². The summed E-state index contributed by atoms with van der Waals surface area (Å²) in [5, 5.41) is 0. The molecule has 0 spiro atoms. The van der Waals surface area contributed by atoms with E-state index >= 15 is 0 Å². The van der Waals surface area contributed by atoms with Crippen molar-refractivity contribution in [3.05, 3.63) is 48.2 Å². The fraction of sp³-hybridized carbons (Fsp3) is 0.455. The van der Waals surface area contributed by atoms with Crippen molar-refractivity contribution in [2.45, 2.75) is 31.4 Å². The SMILES string of the molecule is O=C1OCCCN1C1CCN(c2cccc([C@H]3COc4cccnc4O3)c2)CC1. The Morgan fingerprint density at radius 2 is 1.93 bits per heavy atom. The van der Waals surface area contributed by atoms with Crippen molar-refractivity contribution in [3.8, 4) is 11.6 Å². The molecule has 7 heteroatoms. The van der Waals surface area contributed by atoms with Gasteiger partial charge in [0.1, 0.15) is 6.61 Å². The molecule has 2 saturated heterocycles. The van der Waals surface area contributed by atoms with Gasteiger partial charge in [-0.1, -0.05) is 12.1 Å². The van der Waals surface area contributed by atoms with Crippen LogP contribution in [0.4, 0.5) is 10.5 Å². The van der Waals surface area contributed by atoms with Gasteiger partial charge in [0.2, 0.25) is 0 Å². The lowest BCUT2D eigenvalue weighted by atomic mass is 10.0. The number of hydrogen-bond acceptors (Lipinski definition) is 6.